The molecule has 0 aliphatic heterocycles. The number of nitrogens with zero attached hydrogens (tertiary/aromatic N) is 1. The Balaban J connectivity index is 3.38. The molecule has 0 saturated heterocycles. The molecule has 0 amide bonds. The molecule has 0 radical (unpaired) electrons. The summed E-state index contributed by atoms with van der Waals surface area (Å²) in [5.74, 6) is -0.952. The van der Waals surface area contributed by atoms with Crippen molar-refractivity contribution in [2.45, 2.75) is 13.1 Å². The van der Waals surface area contributed by atoms with Gasteiger partial charge in [-0.05, 0) is 19.1 Å². The average Bonchev–Trinajstić information content (AvgIpc) is 2.01. The predicted molar refractivity (Wildman–Crippen MR) is 43.7 cm³/mol. The molecule has 1 aromatic heterocycles. The Kier molecular flexibility index (Phi) is 2.46. The summed E-state index contributed by atoms with van der Waals surface area (Å²) in [4.78, 5) is 13.9. The van der Waals surface area contributed by atoms with Crippen molar-refractivity contribution in [3.8, 4) is 0 Å². The Hall–Kier alpha value is -1.59. The molecule has 1 rings (SSSR count). The van der Waals surface area contributed by atoms with Crippen LogP contribution in [-0.4, -0.2) is 10.8 Å². The quantitative estimate of drug-likeness (QED) is 0.710. The number of hydrogen-bond donors (Lipinski definition) is 1. The van der Waals surface area contributed by atoms with E-state index in [9.17, 15) is 18.0 Å². The molecule has 0 spiro atoms. The number of ketones is 1. The number of nitrogens with two attached hydrogens (primary N) is 1. The van der Waals surface area contributed by atoms with Crippen LogP contribution in [-0.2, 0) is 6.18 Å². The SMILES string of the molecule is CC(=O)c1ccc(N)nc1C(F)(F)F. The fourth-order valence-electron chi connectivity index (χ4n) is 0.974. The molecule has 6 heteroatoms. The van der Waals surface area contributed by atoms with Crippen molar-refractivity contribution in [3.05, 3.63) is 23.4 Å². The van der Waals surface area contributed by atoms with Gasteiger partial charge in [0.1, 0.15) is 5.82 Å². The van der Waals surface area contributed by atoms with Crippen molar-refractivity contribution in [3.63, 3.8) is 0 Å². The van der Waals surface area contributed by atoms with Crippen molar-refractivity contribution < 1.29 is 18.0 Å². The maximum absolute atomic E-state index is 12.3. The molecule has 1 aromatic rings. The highest BCUT2D eigenvalue weighted by Gasteiger charge is 2.36. The zero-order valence-corrected chi connectivity index (χ0v) is 7.22. The van der Waals surface area contributed by atoms with E-state index in [0.717, 1.165) is 19.1 Å². The number of alkyl halides is 3. The van der Waals surface area contributed by atoms with Crippen LogP contribution in [0.2, 0.25) is 0 Å². The number of anilines is 1. The summed E-state index contributed by atoms with van der Waals surface area (Å²) >= 11 is 0. The van der Waals surface area contributed by atoms with E-state index in [-0.39, 0.29) is 5.82 Å². The lowest BCUT2D eigenvalue weighted by Gasteiger charge is -2.09. The molecule has 0 saturated carbocycles. The van der Waals surface area contributed by atoms with E-state index in [1.807, 2.05) is 0 Å². The third-order valence-electron chi connectivity index (χ3n) is 1.56. The van der Waals surface area contributed by atoms with Crippen LogP contribution in [0.25, 0.3) is 0 Å². The van der Waals surface area contributed by atoms with Gasteiger partial charge in [0.2, 0.25) is 0 Å². The van der Waals surface area contributed by atoms with Crippen molar-refractivity contribution in [2.75, 3.05) is 5.73 Å². The second kappa shape index (κ2) is 3.28. The van der Waals surface area contributed by atoms with Crippen molar-refractivity contribution in [1.82, 2.24) is 4.98 Å². The number of carbonyl (C=O) groups is 1. The Morgan fingerprint density at radius 1 is 1.43 bits per heavy atom. The van der Waals surface area contributed by atoms with E-state index in [1.165, 1.54) is 0 Å². The van der Waals surface area contributed by atoms with Crippen LogP contribution in [0.3, 0.4) is 0 Å². The number of hydrogen-bond acceptors (Lipinski definition) is 3. The zero-order chi connectivity index (χ0) is 10.9. The van der Waals surface area contributed by atoms with E-state index in [1.54, 1.807) is 0 Å². The van der Waals surface area contributed by atoms with Crippen molar-refractivity contribution >= 4 is 11.6 Å². The summed E-state index contributed by atoms with van der Waals surface area (Å²) in [7, 11) is 0. The first-order chi connectivity index (χ1) is 6.32. The van der Waals surface area contributed by atoms with Gasteiger partial charge in [-0.15, -0.1) is 0 Å². The summed E-state index contributed by atoms with van der Waals surface area (Å²) in [5, 5.41) is 0. The normalized spacial score (nSPS) is 11.4. The Bertz CT molecular complexity index is 373. The summed E-state index contributed by atoms with van der Waals surface area (Å²) in [6, 6.07) is 2.18. The second-order valence-corrected chi connectivity index (χ2v) is 2.69. The van der Waals surface area contributed by atoms with Crippen LogP contribution < -0.4 is 5.73 Å². The van der Waals surface area contributed by atoms with Gasteiger partial charge < -0.3 is 5.73 Å². The maximum Gasteiger partial charge on any atom is 0.434 e. The van der Waals surface area contributed by atoms with Crippen LogP contribution in [0.4, 0.5) is 19.0 Å². The van der Waals surface area contributed by atoms with Gasteiger partial charge in [-0.1, -0.05) is 0 Å². The third kappa shape index (κ3) is 2.01. The van der Waals surface area contributed by atoms with E-state index in [0.29, 0.717) is 0 Å². The maximum atomic E-state index is 12.3. The third-order valence-corrected chi connectivity index (χ3v) is 1.56. The minimum absolute atomic E-state index is 0.262. The van der Waals surface area contributed by atoms with Crippen LogP contribution in [0, 0.1) is 0 Å². The zero-order valence-electron chi connectivity index (χ0n) is 7.22. The topological polar surface area (TPSA) is 56.0 Å². The highest BCUT2D eigenvalue weighted by Crippen LogP contribution is 2.31. The van der Waals surface area contributed by atoms with Gasteiger partial charge in [0.25, 0.3) is 0 Å². The minimum atomic E-state index is -4.66. The highest BCUT2D eigenvalue weighted by molar-refractivity contribution is 5.95. The molecule has 0 fully saturated rings. The molecule has 0 aromatic carbocycles. The van der Waals surface area contributed by atoms with E-state index in [2.05, 4.69) is 4.98 Å². The summed E-state index contributed by atoms with van der Waals surface area (Å²) < 4.78 is 37.0. The number of pyridine rings is 1. The summed E-state index contributed by atoms with van der Waals surface area (Å²) in [6.45, 7) is 1.04. The van der Waals surface area contributed by atoms with Gasteiger partial charge in [0, 0.05) is 5.56 Å². The highest BCUT2D eigenvalue weighted by atomic mass is 19.4. The molecule has 0 bridgehead atoms. The monoisotopic (exact) mass is 204 g/mol. The number of Topliss-reactive ketones (excluding diaryl/α,β-unsaturated/α-hetero) is 1. The molecule has 0 aliphatic rings. The number of carbonyl (C=O) groups excluding carboxylic acids is 1. The van der Waals surface area contributed by atoms with Crippen LogP contribution in [0.15, 0.2) is 12.1 Å². The van der Waals surface area contributed by atoms with Gasteiger partial charge in [-0.3, -0.25) is 4.79 Å². The Morgan fingerprint density at radius 3 is 2.43 bits per heavy atom. The molecular weight excluding hydrogens is 197 g/mol. The fraction of sp³-hybridized carbons (Fsp3) is 0.250. The molecule has 14 heavy (non-hydrogen) atoms. The molecule has 0 atom stereocenters. The molecule has 2 N–H and O–H groups in total. The lowest BCUT2D eigenvalue weighted by molar-refractivity contribution is -0.141. The first-order valence-electron chi connectivity index (χ1n) is 3.67. The number of aromatic nitrogens is 1. The molecule has 76 valence electrons. The molecule has 0 unspecified atom stereocenters. The van der Waals surface area contributed by atoms with E-state index in [4.69, 9.17) is 5.73 Å². The lowest BCUT2D eigenvalue weighted by Crippen LogP contribution is -2.15. The summed E-state index contributed by atoms with van der Waals surface area (Å²) in [6.07, 6.45) is -4.66. The molecule has 0 aliphatic carbocycles. The predicted octanol–water partition coefficient (Wildman–Crippen LogP) is 1.89. The molecular formula is C8H7F3N2O. The van der Waals surface area contributed by atoms with Gasteiger partial charge >= 0.3 is 6.18 Å². The molecule has 1 heterocycles. The van der Waals surface area contributed by atoms with Gasteiger partial charge in [-0.25, -0.2) is 4.98 Å². The summed E-state index contributed by atoms with van der Waals surface area (Å²) in [5.41, 5.74) is 3.40. The van der Waals surface area contributed by atoms with Gasteiger partial charge in [0.15, 0.2) is 11.5 Å². The standard InChI is InChI=1S/C8H7F3N2O/c1-4(14)5-2-3-6(12)13-7(5)8(9,10)11/h2-3H,1H3,(H2,12,13). The van der Waals surface area contributed by atoms with Gasteiger partial charge in [-0.2, -0.15) is 13.2 Å². The average molecular weight is 204 g/mol. The largest absolute Gasteiger partial charge is 0.434 e. The second-order valence-electron chi connectivity index (χ2n) is 2.69. The molecule has 3 nitrogen and oxygen atoms in total. The van der Waals surface area contributed by atoms with E-state index >= 15 is 0 Å². The van der Waals surface area contributed by atoms with Crippen molar-refractivity contribution in [1.29, 1.82) is 0 Å². The number of nitrogen functional groups attached to an aromatic ring is 1. The smallest absolute Gasteiger partial charge is 0.384 e. The Morgan fingerprint density at radius 2 is 2.00 bits per heavy atom. The van der Waals surface area contributed by atoms with Crippen molar-refractivity contribution in [2.24, 2.45) is 0 Å². The van der Waals surface area contributed by atoms with Crippen LogP contribution in [0.5, 0.6) is 0 Å². The first-order valence-corrected chi connectivity index (χ1v) is 3.67. The first kappa shape index (κ1) is 10.5. The van der Waals surface area contributed by atoms with E-state index < -0.39 is 23.2 Å². The van der Waals surface area contributed by atoms with Gasteiger partial charge in [0.05, 0.1) is 0 Å². The fourth-order valence-corrected chi connectivity index (χ4v) is 0.974. The number of halogens is 3. The number of rotatable bonds is 1. The minimum Gasteiger partial charge on any atom is -0.384 e. The lowest BCUT2D eigenvalue weighted by atomic mass is 10.1. The van der Waals surface area contributed by atoms with Crippen LogP contribution in [0.1, 0.15) is 23.0 Å². The van der Waals surface area contributed by atoms with Crippen LogP contribution >= 0.6 is 0 Å². The Labute approximate surface area is 77.7 Å².